The van der Waals surface area contributed by atoms with Gasteiger partial charge in [0.15, 0.2) is 12.4 Å². The summed E-state index contributed by atoms with van der Waals surface area (Å²) in [6.07, 6.45) is -0.0769. The molecule has 20 heteroatoms. The summed E-state index contributed by atoms with van der Waals surface area (Å²) in [7, 11) is -17.0. The molecule has 0 radical (unpaired) electrons. The van der Waals surface area contributed by atoms with Gasteiger partial charge in [-0.25, -0.2) is 22.9 Å². The topological polar surface area (TPSA) is 227 Å². The molecule has 0 aliphatic carbocycles. The van der Waals surface area contributed by atoms with Crippen LogP contribution in [0, 0.1) is 17.0 Å². The quantitative estimate of drug-likeness (QED) is 0.147. The van der Waals surface area contributed by atoms with Crippen LogP contribution in [-0.2, 0) is 31.6 Å². The Kier molecular flexibility index (Phi) is 7.64. The second kappa shape index (κ2) is 9.05. The van der Waals surface area contributed by atoms with Gasteiger partial charge in [-0.15, -0.1) is 6.42 Å². The zero-order chi connectivity index (χ0) is 23.8. The van der Waals surface area contributed by atoms with Crippen molar-refractivity contribution in [1.82, 2.24) is 9.55 Å². The van der Waals surface area contributed by atoms with E-state index < -0.39 is 59.9 Å². The monoisotopic (exact) mass is 526 g/mol. The Morgan fingerprint density at radius 3 is 2.42 bits per heavy atom. The molecule has 6 atom stereocenters. The van der Waals surface area contributed by atoms with Crippen molar-refractivity contribution in [3.63, 3.8) is 0 Å². The number of nitrogens with one attached hydrogen (secondary N) is 1. The fraction of sp³-hybridized carbons (Fsp3) is 0.455. The fourth-order valence-electron chi connectivity index (χ4n) is 2.39. The molecule has 15 nitrogen and oxygen atoms in total. The van der Waals surface area contributed by atoms with E-state index in [2.05, 4.69) is 18.1 Å². The number of phosphoric ester groups is 1. The van der Waals surface area contributed by atoms with E-state index in [0.717, 1.165) is 6.20 Å². The number of aromatic nitrogens is 2. The van der Waals surface area contributed by atoms with Crippen LogP contribution in [0.4, 0.5) is 4.39 Å². The maximum atomic E-state index is 14.7. The van der Waals surface area contributed by atoms with Crippen molar-refractivity contribution in [3.05, 3.63) is 27.4 Å². The zero-order valence-electron chi connectivity index (χ0n) is 14.7. The Bertz CT molecular complexity index is 1140. The van der Waals surface area contributed by atoms with E-state index >= 15 is 0 Å². The molecule has 6 N–H and O–H groups in total. The molecule has 2 rings (SSSR count). The Morgan fingerprint density at radius 2 is 1.90 bits per heavy atom. The predicted molar refractivity (Wildman–Crippen MR) is 98.3 cm³/mol. The van der Waals surface area contributed by atoms with Crippen molar-refractivity contribution in [3.8, 4) is 12.3 Å². The Hall–Kier alpha value is -1.08. The van der Waals surface area contributed by atoms with Gasteiger partial charge in [0.2, 0.25) is 5.60 Å². The lowest BCUT2D eigenvalue weighted by molar-refractivity contribution is -0.0744. The highest BCUT2D eigenvalue weighted by molar-refractivity contribution is 7.71. The first kappa shape index (κ1) is 26.2. The largest absolute Gasteiger partial charge is 0.490 e. The van der Waals surface area contributed by atoms with Crippen molar-refractivity contribution >= 4 is 35.7 Å². The SMILES string of the molecule is C#C[C@@]1(O)C(F)[C@@H](COP(=O)(O)OP(=O)(O)OP(=O)(O)O)O[C@H]1n1ccc(=S)[nH]c1=O. The van der Waals surface area contributed by atoms with E-state index in [-0.39, 0.29) is 4.64 Å². The summed E-state index contributed by atoms with van der Waals surface area (Å²) in [5.41, 5.74) is -3.70. The number of hydrogen-bond acceptors (Lipinski definition) is 10. The number of nitrogens with zero attached hydrogens (tertiary/aromatic N) is 1. The number of phosphoric acid groups is 3. The van der Waals surface area contributed by atoms with E-state index in [4.69, 9.17) is 38.1 Å². The standard InChI is InChI=1S/C11H14FN2O13P3S/c1-2-11(16)8(12)6(25-9(11)14-4-3-7(31)13-10(14)15)5-24-29(20,21)27-30(22,23)26-28(17,18)19/h1,3-4,6,8-9,16H,5H2,(H,20,21)(H,22,23)(H,13,15,31)(H2,17,18,19)/t6-,8?,9-,11-/m1/s1. The van der Waals surface area contributed by atoms with Crippen molar-refractivity contribution in [2.75, 3.05) is 6.61 Å². The Morgan fingerprint density at radius 1 is 1.29 bits per heavy atom. The second-order valence-corrected chi connectivity index (χ2v) is 10.7. The highest BCUT2D eigenvalue weighted by Gasteiger charge is 2.57. The lowest BCUT2D eigenvalue weighted by Gasteiger charge is -2.25. The minimum absolute atomic E-state index is 0.00417. The molecule has 0 saturated carbocycles. The van der Waals surface area contributed by atoms with Crippen LogP contribution in [0.2, 0.25) is 0 Å². The van der Waals surface area contributed by atoms with Crippen LogP contribution >= 0.6 is 35.7 Å². The number of rotatable bonds is 8. The summed E-state index contributed by atoms with van der Waals surface area (Å²) in [6.45, 7) is -1.23. The highest BCUT2D eigenvalue weighted by Crippen LogP contribution is 2.66. The smallest absolute Gasteiger partial charge is 0.371 e. The summed E-state index contributed by atoms with van der Waals surface area (Å²) >= 11 is 4.74. The molecule has 0 aromatic carbocycles. The van der Waals surface area contributed by atoms with Crippen molar-refractivity contribution in [1.29, 1.82) is 0 Å². The van der Waals surface area contributed by atoms with Crippen LogP contribution in [0.3, 0.4) is 0 Å². The van der Waals surface area contributed by atoms with E-state index in [1.54, 1.807) is 5.92 Å². The third-order valence-electron chi connectivity index (χ3n) is 3.58. The van der Waals surface area contributed by atoms with Crippen LogP contribution in [0.15, 0.2) is 17.1 Å². The van der Waals surface area contributed by atoms with Crippen LogP contribution in [0.1, 0.15) is 6.23 Å². The van der Waals surface area contributed by atoms with Crippen molar-refractivity contribution in [2.45, 2.75) is 24.1 Å². The van der Waals surface area contributed by atoms with E-state index in [1.165, 1.54) is 6.07 Å². The number of halogens is 1. The maximum absolute atomic E-state index is 14.7. The van der Waals surface area contributed by atoms with Gasteiger partial charge in [-0.1, -0.05) is 18.1 Å². The Balaban J connectivity index is 2.19. The van der Waals surface area contributed by atoms with Gasteiger partial charge in [0.25, 0.3) is 0 Å². The van der Waals surface area contributed by atoms with Gasteiger partial charge in [-0.05, 0) is 6.07 Å². The predicted octanol–water partition coefficient (Wildman–Crippen LogP) is -0.151. The molecule has 0 amide bonds. The van der Waals surface area contributed by atoms with E-state index in [9.17, 15) is 32.9 Å². The van der Waals surface area contributed by atoms with Gasteiger partial charge in [0.1, 0.15) is 10.7 Å². The van der Waals surface area contributed by atoms with Crippen LogP contribution in [-0.4, -0.2) is 58.7 Å². The third kappa shape index (κ3) is 6.47. The lowest BCUT2D eigenvalue weighted by Crippen LogP contribution is -2.45. The van der Waals surface area contributed by atoms with Crippen LogP contribution in [0.25, 0.3) is 0 Å². The summed E-state index contributed by atoms with van der Waals surface area (Å²) in [4.78, 5) is 49.6. The maximum Gasteiger partial charge on any atom is 0.490 e. The first-order valence-electron chi connectivity index (χ1n) is 7.59. The minimum atomic E-state index is -5.79. The van der Waals surface area contributed by atoms with E-state index in [0.29, 0.717) is 4.57 Å². The average Bonchev–Trinajstić information content (AvgIpc) is 2.82. The molecule has 1 aromatic heterocycles. The number of ether oxygens (including phenoxy) is 1. The van der Waals surface area contributed by atoms with Gasteiger partial charge in [0.05, 0.1) is 6.61 Å². The molecule has 31 heavy (non-hydrogen) atoms. The normalized spacial score (nSPS) is 30.3. The first-order chi connectivity index (χ1) is 14.0. The minimum Gasteiger partial charge on any atom is -0.371 e. The van der Waals surface area contributed by atoms with Crippen LogP contribution in [0.5, 0.6) is 0 Å². The molecule has 1 aliphatic rings. The molecular formula is C11H14FN2O13P3S. The zero-order valence-corrected chi connectivity index (χ0v) is 18.2. The number of H-pyrrole nitrogens is 1. The number of terminal acetylenes is 1. The van der Waals surface area contributed by atoms with Crippen molar-refractivity contribution in [2.24, 2.45) is 0 Å². The molecule has 1 fully saturated rings. The molecule has 2 heterocycles. The molecule has 3 unspecified atom stereocenters. The van der Waals surface area contributed by atoms with Crippen molar-refractivity contribution < 1.29 is 60.6 Å². The summed E-state index contributed by atoms with van der Waals surface area (Å²) in [5.74, 6) is 1.72. The molecule has 0 spiro atoms. The van der Waals surface area contributed by atoms with Gasteiger partial charge in [-0.3, -0.25) is 14.1 Å². The number of aliphatic hydroxyl groups is 1. The van der Waals surface area contributed by atoms with Gasteiger partial charge in [0, 0.05) is 6.20 Å². The van der Waals surface area contributed by atoms with Gasteiger partial charge in [-0.2, -0.15) is 8.62 Å². The van der Waals surface area contributed by atoms with Gasteiger partial charge >= 0.3 is 29.2 Å². The highest BCUT2D eigenvalue weighted by atomic mass is 32.1. The molecule has 1 saturated heterocycles. The molecule has 0 bridgehead atoms. The summed E-state index contributed by atoms with van der Waals surface area (Å²) in [6, 6.07) is 1.20. The molecule has 1 aliphatic heterocycles. The second-order valence-electron chi connectivity index (χ2n) is 5.80. The number of alkyl halides is 1. The van der Waals surface area contributed by atoms with Gasteiger partial charge < -0.3 is 29.4 Å². The summed E-state index contributed by atoms with van der Waals surface area (Å²) in [5, 5.41) is 10.4. The molecular weight excluding hydrogens is 512 g/mol. The van der Waals surface area contributed by atoms with E-state index in [1.807, 2.05) is 0 Å². The fourth-order valence-corrected chi connectivity index (χ4v) is 5.57. The number of hydrogen-bond donors (Lipinski definition) is 6. The Labute approximate surface area is 176 Å². The molecule has 1 aromatic rings. The number of aromatic amines is 1. The third-order valence-corrected chi connectivity index (χ3v) is 7.62. The summed E-state index contributed by atoms with van der Waals surface area (Å²) < 4.78 is 65.4. The first-order valence-corrected chi connectivity index (χ1v) is 12.5. The van der Waals surface area contributed by atoms with Crippen LogP contribution < -0.4 is 5.69 Å². The average molecular weight is 526 g/mol. The lowest BCUT2D eigenvalue weighted by atomic mass is 9.96. The molecule has 174 valence electrons.